The molecule has 0 radical (unpaired) electrons. The van der Waals surface area contributed by atoms with Crippen LogP contribution in [0.5, 0.6) is 0 Å². The van der Waals surface area contributed by atoms with E-state index in [-0.39, 0.29) is 17.6 Å². The van der Waals surface area contributed by atoms with Crippen molar-refractivity contribution in [3.05, 3.63) is 59.1 Å². The van der Waals surface area contributed by atoms with E-state index in [1.165, 1.54) is 29.7 Å². The Hall–Kier alpha value is -2.87. The minimum atomic E-state index is -0.440. The average molecular weight is 397 g/mol. The number of nitrogens with one attached hydrogen (secondary N) is 1. The molecule has 1 aliphatic rings. The highest BCUT2D eigenvalue weighted by Gasteiger charge is 2.30. The maximum absolute atomic E-state index is 13.9. The summed E-state index contributed by atoms with van der Waals surface area (Å²) in [5.41, 5.74) is 1.46. The van der Waals surface area contributed by atoms with Gasteiger partial charge >= 0.3 is 0 Å². The van der Waals surface area contributed by atoms with Crippen LogP contribution in [-0.2, 0) is 0 Å². The largest absolute Gasteiger partial charge is 0.368 e. The molecule has 4 heterocycles. The fraction of sp³-hybridized carbons (Fsp3) is 0.300. The molecular weight excluding hydrogens is 377 g/mol. The fourth-order valence-corrected chi connectivity index (χ4v) is 4.14. The van der Waals surface area contributed by atoms with Crippen LogP contribution >= 0.6 is 11.3 Å². The van der Waals surface area contributed by atoms with E-state index in [1.54, 1.807) is 5.38 Å². The van der Waals surface area contributed by atoms with Gasteiger partial charge in [-0.3, -0.25) is 9.78 Å². The van der Waals surface area contributed by atoms with Crippen LogP contribution in [0.2, 0.25) is 0 Å². The number of rotatable bonds is 5. The van der Waals surface area contributed by atoms with Crippen LogP contribution in [-0.4, -0.2) is 44.9 Å². The topological polar surface area (TPSA) is 71.0 Å². The lowest BCUT2D eigenvalue weighted by Crippen LogP contribution is -2.39. The van der Waals surface area contributed by atoms with Gasteiger partial charge in [-0.2, -0.15) is 0 Å². The van der Waals surface area contributed by atoms with Gasteiger partial charge in [-0.25, -0.2) is 14.4 Å². The fourth-order valence-electron chi connectivity index (χ4n) is 3.35. The quantitative estimate of drug-likeness (QED) is 0.710. The van der Waals surface area contributed by atoms with Gasteiger partial charge in [-0.05, 0) is 44.0 Å². The molecule has 1 aliphatic heterocycles. The van der Waals surface area contributed by atoms with Crippen molar-refractivity contribution in [2.75, 3.05) is 18.4 Å². The Morgan fingerprint density at radius 3 is 3.04 bits per heavy atom. The number of aryl methyl sites for hydroxylation is 1. The molecule has 1 amide bonds. The SMILES string of the molecule is Cc1cccc(NCC2CCCN2C(=O)c2csc(-c3ncccc3F)n2)n1. The highest BCUT2D eigenvalue weighted by atomic mass is 32.1. The van der Waals surface area contributed by atoms with Crippen molar-refractivity contribution in [3.63, 3.8) is 0 Å². The molecule has 0 saturated carbocycles. The van der Waals surface area contributed by atoms with E-state index >= 15 is 0 Å². The smallest absolute Gasteiger partial charge is 0.273 e. The van der Waals surface area contributed by atoms with Gasteiger partial charge in [-0.15, -0.1) is 11.3 Å². The van der Waals surface area contributed by atoms with Crippen molar-refractivity contribution >= 4 is 23.1 Å². The van der Waals surface area contributed by atoms with Gasteiger partial charge in [0.1, 0.15) is 22.2 Å². The summed E-state index contributed by atoms with van der Waals surface area (Å²) >= 11 is 1.23. The average Bonchev–Trinajstić information content (AvgIpc) is 3.36. The first-order valence-electron chi connectivity index (χ1n) is 9.17. The van der Waals surface area contributed by atoms with E-state index in [9.17, 15) is 9.18 Å². The van der Waals surface area contributed by atoms with Gasteiger partial charge in [0.15, 0.2) is 5.82 Å². The molecule has 0 aliphatic carbocycles. The predicted molar refractivity (Wildman–Crippen MR) is 107 cm³/mol. The zero-order valence-electron chi connectivity index (χ0n) is 15.4. The Balaban J connectivity index is 1.46. The number of hydrogen-bond donors (Lipinski definition) is 1. The second-order valence-electron chi connectivity index (χ2n) is 6.71. The molecule has 8 heteroatoms. The normalized spacial score (nSPS) is 16.4. The number of pyridine rings is 2. The summed E-state index contributed by atoms with van der Waals surface area (Å²) in [5, 5.41) is 5.41. The number of anilines is 1. The molecule has 3 aromatic rings. The van der Waals surface area contributed by atoms with Crippen LogP contribution in [0.1, 0.15) is 29.0 Å². The lowest BCUT2D eigenvalue weighted by atomic mass is 10.2. The number of aromatic nitrogens is 3. The van der Waals surface area contributed by atoms with Gasteiger partial charge in [0.25, 0.3) is 5.91 Å². The van der Waals surface area contributed by atoms with Crippen LogP contribution < -0.4 is 5.32 Å². The van der Waals surface area contributed by atoms with E-state index in [2.05, 4.69) is 20.3 Å². The van der Waals surface area contributed by atoms with E-state index < -0.39 is 5.82 Å². The first-order valence-corrected chi connectivity index (χ1v) is 10.0. The van der Waals surface area contributed by atoms with Crippen molar-refractivity contribution in [1.29, 1.82) is 0 Å². The number of likely N-dealkylation sites (tertiary alicyclic amines) is 1. The van der Waals surface area contributed by atoms with Crippen LogP contribution in [0.4, 0.5) is 10.2 Å². The minimum absolute atomic E-state index is 0.0755. The summed E-state index contributed by atoms with van der Waals surface area (Å²) in [5.74, 6) is 0.242. The van der Waals surface area contributed by atoms with E-state index in [1.807, 2.05) is 30.0 Å². The highest BCUT2D eigenvalue weighted by Crippen LogP contribution is 2.26. The Bertz CT molecular complexity index is 992. The molecule has 3 aromatic heterocycles. The van der Waals surface area contributed by atoms with Crippen LogP contribution in [0.25, 0.3) is 10.7 Å². The second-order valence-corrected chi connectivity index (χ2v) is 7.57. The Morgan fingerprint density at radius 2 is 2.21 bits per heavy atom. The molecule has 0 aromatic carbocycles. The summed E-state index contributed by atoms with van der Waals surface area (Å²) in [6.07, 6.45) is 3.39. The molecule has 144 valence electrons. The van der Waals surface area contributed by atoms with Gasteiger partial charge in [0, 0.05) is 36.4 Å². The maximum atomic E-state index is 13.9. The van der Waals surface area contributed by atoms with E-state index in [0.29, 0.717) is 23.8 Å². The third-order valence-corrected chi connectivity index (χ3v) is 5.58. The third-order valence-electron chi connectivity index (χ3n) is 4.73. The molecule has 6 nitrogen and oxygen atoms in total. The summed E-state index contributed by atoms with van der Waals surface area (Å²) in [4.78, 5) is 27.6. The molecule has 1 N–H and O–H groups in total. The zero-order chi connectivity index (χ0) is 19.5. The Kier molecular flexibility index (Phi) is 5.29. The number of halogens is 1. The van der Waals surface area contributed by atoms with Gasteiger partial charge in [-0.1, -0.05) is 6.07 Å². The monoisotopic (exact) mass is 397 g/mol. The van der Waals surface area contributed by atoms with Gasteiger partial charge in [0.05, 0.1) is 0 Å². The van der Waals surface area contributed by atoms with E-state index in [4.69, 9.17) is 0 Å². The standard InChI is InChI=1S/C20H20FN5OS/c1-13-5-2-8-17(24-13)23-11-14-6-4-10-26(14)20(27)16-12-28-19(25-16)18-15(21)7-3-9-22-18/h2-3,5,7-9,12,14H,4,6,10-11H2,1H3,(H,23,24). The van der Waals surface area contributed by atoms with Gasteiger partial charge < -0.3 is 10.2 Å². The number of carbonyl (C=O) groups excluding carboxylic acids is 1. The molecular formula is C20H20FN5OS. The highest BCUT2D eigenvalue weighted by molar-refractivity contribution is 7.13. The van der Waals surface area contributed by atoms with Crippen molar-refractivity contribution in [1.82, 2.24) is 19.9 Å². The van der Waals surface area contributed by atoms with Gasteiger partial charge in [0.2, 0.25) is 0 Å². The molecule has 1 unspecified atom stereocenters. The maximum Gasteiger partial charge on any atom is 0.273 e. The number of thiazole rings is 1. The number of nitrogens with zero attached hydrogens (tertiary/aromatic N) is 4. The molecule has 1 saturated heterocycles. The first-order chi connectivity index (χ1) is 13.6. The number of amides is 1. The zero-order valence-corrected chi connectivity index (χ0v) is 16.2. The van der Waals surface area contributed by atoms with Crippen molar-refractivity contribution in [2.24, 2.45) is 0 Å². The van der Waals surface area contributed by atoms with Crippen molar-refractivity contribution in [2.45, 2.75) is 25.8 Å². The number of carbonyl (C=O) groups is 1. The summed E-state index contributed by atoms with van der Waals surface area (Å²) in [6, 6.07) is 8.76. The molecule has 0 spiro atoms. The van der Waals surface area contributed by atoms with Crippen LogP contribution in [0, 0.1) is 12.7 Å². The Morgan fingerprint density at radius 1 is 1.32 bits per heavy atom. The lowest BCUT2D eigenvalue weighted by molar-refractivity contribution is 0.0738. The minimum Gasteiger partial charge on any atom is -0.368 e. The Labute approximate surface area is 166 Å². The second kappa shape index (κ2) is 8.02. The molecule has 28 heavy (non-hydrogen) atoms. The number of hydrogen-bond acceptors (Lipinski definition) is 6. The van der Waals surface area contributed by atoms with Crippen molar-refractivity contribution in [3.8, 4) is 10.7 Å². The molecule has 0 bridgehead atoms. The lowest BCUT2D eigenvalue weighted by Gasteiger charge is -2.24. The predicted octanol–water partition coefficient (Wildman–Crippen LogP) is 3.76. The van der Waals surface area contributed by atoms with E-state index in [0.717, 1.165) is 24.4 Å². The third kappa shape index (κ3) is 3.87. The summed E-state index contributed by atoms with van der Waals surface area (Å²) < 4.78 is 13.9. The van der Waals surface area contributed by atoms with Crippen LogP contribution in [0.3, 0.4) is 0 Å². The van der Waals surface area contributed by atoms with Crippen LogP contribution in [0.15, 0.2) is 41.9 Å². The summed E-state index contributed by atoms with van der Waals surface area (Å²) in [6.45, 7) is 3.27. The molecule has 1 atom stereocenters. The molecule has 1 fully saturated rings. The summed E-state index contributed by atoms with van der Waals surface area (Å²) in [7, 11) is 0. The van der Waals surface area contributed by atoms with Crippen molar-refractivity contribution < 1.29 is 9.18 Å². The molecule has 4 rings (SSSR count). The first kappa shape index (κ1) is 18.5.